The second-order valence-corrected chi connectivity index (χ2v) is 10.0. The maximum Gasteiger partial charge on any atom is 0.227 e. The number of rotatable bonds is 5. The fraction of sp³-hybridized carbons (Fsp3) is 0.167. The fourth-order valence-corrected chi connectivity index (χ4v) is 5.42. The molecule has 1 aliphatic carbocycles. The van der Waals surface area contributed by atoms with Crippen molar-refractivity contribution in [1.82, 2.24) is 30.1 Å². The van der Waals surface area contributed by atoms with Gasteiger partial charge in [-0.05, 0) is 48.7 Å². The Morgan fingerprint density at radius 2 is 1.77 bits per heavy atom. The normalized spacial score (nSPS) is 13.8. The van der Waals surface area contributed by atoms with Crippen LogP contribution in [0.15, 0.2) is 67.1 Å². The van der Waals surface area contributed by atoms with E-state index in [1.807, 2.05) is 6.07 Å². The van der Waals surface area contributed by atoms with E-state index in [0.29, 0.717) is 50.4 Å². The van der Waals surface area contributed by atoms with Gasteiger partial charge in [0.2, 0.25) is 5.91 Å². The molecule has 1 fully saturated rings. The van der Waals surface area contributed by atoms with Crippen LogP contribution in [0.1, 0.15) is 25.7 Å². The van der Waals surface area contributed by atoms with E-state index in [0.717, 1.165) is 36.8 Å². The third kappa shape index (κ3) is 4.27. The predicted octanol–water partition coefficient (Wildman–Crippen LogP) is 6.64. The van der Waals surface area contributed by atoms with Gasteiger partial charge in [0.25, 0.3) is 0 Å². The average molecular weight is 536 g/mol. The summed E-state index contributed by atoms with van der Waals surface area (Å²) in [7, 11) is 0. The number of hydrogen-bond donors (Lipinski definition) is 3. The second-order valence-electron chi connectivity index (χ2n) is 10.0. The number of halogens is 2. The highest BCUT2D eigenvalue weighted by molar-refractivity contribution is 5.98. The van der Waals surface area contributed by atoms with Crippen LogP contribution in [0.5, 0.6) is 0 Å². The van der Waals surface area contributed by atoms with Gasteiger partial charge in [0.1, 0.15) is 17.3 Å². The number of nitrogens with zero attached hydrogens (tertiary/aromatic N) is 4. The van der Waals surface area contributed by atoms with Crippen LogP contribution in [-0.2, 0) is 4.79 Å². The summed E-state index contributed by atoms with van der Waals surface area (Å²) in [6, 6.07) is 12.8. The zero-order chi connectivity index (χ0) is 27.2. The van der Waals surface area contributed by atoms with Gasteiger partial charge in [-0.2, -0.15) is 5.10 Å². The summed E-state index contributed by atoms with van der Waals surface area (Å²) >= 11 is 0. The number of aromatic nitrogens is 6. The second kappa shape index (κ2) is 9.64. The van der Waals surface area contributed by atoms with Gasteiger partial charge < -0.3 is 10.3 Å². The monoisotopic (exact) mass is 535 g/mol. The number of nitrogens with one attached hydrogen (secondary N) is 3. The van der Waals surface area contributed by atoms with Crippen LogP contribution >= 0.6 is 0 Å². The molecule has 1 aliphatic rings. The maximum atomic E-state index is 15.3. The molecule has 0 saturated heterocycles. The molecule has 0 aliphatic heterocycles. The lowest BCUT2D eigenvalue weighted by molar-refractivity contribution is -0.119. The van der Waals surface area contributed by atoms with Gasteiger partial charge in [-0.15, -0.1) is 0 Å². The molecule has 0 spiro atoms. The molecule has 4 heterocycles. The number of H-pyrrole nitrogens is 2. The molecule has 0 bridgehead atoms. The topological polar surface area (TPSA) is 112 Å². The molecule has 8 nitrogen and oxygen atoms in total. The number of anilines is 1. The van der Waals surface area contributed by atoms with Crippen molar-refractivity contribution in [1.29, 1.82) is 0 Å². The van der Waals surface area contributed by atoms with Gasteiger partial charge in [0.15, 0.2) is 11.5 Å². The van der Waals surface area contributed by atoms with Crippen molar-refractivity contribution in [2.75, 3.05) is 5.32 Å². The third-order valence-corrected chi connectivity index (χ3v) is 7.46. The highest BCUT2D eigenvalue weighted by Gasteiger charge is 2.23. The first-order chi connectivity index (χ1) is 19.5. The Labute approximate surface area is 226 Å². The number of aromatic amines is 2. The van der Waals surface area contributed by atoms with Crippen molar-refractivity contribution < 1.29 is 13.6 Å². The Bertz CT molecular complexity index is 1890. The zero-order valence-electron chi connectivity index (χ0n) is 21.2. The van der Waals surface area contributed by atoms with E-state index >= 15 is 4.39 Å². The zero-order valence-corrected chi connectivity index (χ0v) is 21.2. The molecular weight excluding hydrogens is 512 g/mol. The summed E-state index contributed by atoms with van der Waals surface area (Å²) in [6.07, 6.45) is 8.66. The van der Waals surface area contributed by atoms with Crippen molar-refractivity contribution in [3.63, 3.8) is 0 Å². The lowest BCUT2D eigenvalue weighted by Gasteiger charge is -2.11. The third-order valence-electron chi connectivity index (χ3n) is 7.46. The first-order valence-electron chi connectivity index (χ1n) is 13.1. The van der Waals surface area contributed by atoms with Crippen LogP contribution in [0.3, 0.4) is 0 Å². The van der Waals surface area contributed by atoms with Gasteiger partial charge in [-0.3, -0.25) is 14.9 Å². The fourth-order valence-electron chi connectivity index (χ4n) is 5.42. The van der Waals surface area contributed by atoms with Crippen molar-refractivity contribution >= 4 is 33.7 Å². The Hall–Kier alpha value is -4.99. The van der Waals surface area contributed by atoms with Gasteiger partial charge in [-0.1, -0.05) is 25.0 Å². The lowest BCUT2D eigenvalue weighted by Crippen LogP contribution is -2.20. The molecule has 198 valence electrons. The molecule has 10 heteroatoms. The highest BCUT2D eigenvalue weighted by Crippen LogP contribution is 2.34. The van der Waals surface area contributed by atoms with Crippen LogP contribution in [-0.4, -0.2) is 36.0 Å². The summed E-state index contributed by atoms with van der Waals surface area (Å²) in [6.45, 7) is 0. The smallest absolute Gasteiger partial charge is 0.227 e. The number of imidazole rings is 1. The summed E-state index contributed by atoms with van der Waals surface area (Å²) in [5.41, 5.74) is 5.16. The minimum atomic E-state index is -0.450. The summed E-state index contributed by atoms with van der Waals surface area (Å²) < 4.78 is 28.8. The molecule has 1 amide bonds. The summed E-state index contributed by atoms with van der Waals surface area (Å²) in [5, 5.41) is 10.9. The van der Waals surface area contributed by atoms with Crippen molar-refractivity contribution in [3.8, 4) is 33.8 Å². The number of hydrogen-bond acceptors (Lipinski definition) is 5. The number of benzene rings is 2. The first-order valence-corrected chi connectivity index (χ1v) is 13.1. The molecule has 7 rings (SSSR count). The molecule has 4 aromatic heterocycles. The molecule has 0 unspecified atom stereocenters. The van der Waals surface area contributed by atoms with Gasteiger partial charge >= 0.3 is 0 Å². The predicted molar refractivity (Wildman–Crippen MR) is 148 cm³/mol. The molecule has 2 aromatic carbocycles. The molecule has 0 atom stereocenters. The number of carbonyl (C=O) groups is 1. The Morgan fingerprint density at radius 1 is 0.950 bits per heavy atom. The van der Waals surface area contributed by atoms with Crippen LogP contribution in [0, 0.1) is 17.6 Å². The first kappa shape index (κ1) is 24.1. The van der Waals surface area contributed by atoms with E-state index in [9.17, 15) is 9.18 Å². The quantitative estimate of drug-likeness (QED) is 0.229. The number of fused-ring (bicyclic) bond motifs is 2. The van der Waals surface area contributed by atoms with E-state index in [2.05, 4.69) is 35.5 Å². The summed E-state index contributed by atoms with van der Waals surface area (Å²) in [4.78, 5) is 29.2. The number of amides is 1. The molecular formula is C30H23F2N7O. The van der Waals surface area contributed by atoms with E-state index in [4.69, 9.17) is 0 Å². The van der Waals surface area contributed by atoms with Crippen LogP contribution in [0.4, 0.5) is 14.5 Å². The van der Waals surface area contributed by atoms with Gasteiger partial charge in [-0.25, -0.2) is 18.7 Å². The number of carbonyl (C=O) groups excluding carboxylic acids is 1. The van der Waals surface area contributed by atoms with Crippen LogP contribution in [0.2, 0.25) is 0 Å². The van der Waals surface area contributed by atoms with Crippen molar-refractivity contribution in [3.05, 3.63) is 78.8 Å². The van der Waals surface area contributed by atoms with Crippen LogP contribution in [0.25, 0.3) is 55.8 Å². The van der Waals surface area contributed by atoms with E-state index in [1.165, 1.54) is 18.2 Å². The van der Waals surface area contributed by atoms with Crippen molar-refractivity contribution in [2.45, 2.75) is 25.7 Å². The number of pyridine rings is 2. The highest BCUT2D eigenvalue weighted by atomic mass is 19.1. The summed E-state index contributed by atoms with van der Waals surface area (Å²) in [5.74, 6) is -0.331. The van der Waals surface area contributed by atoms with Crippen LogP contribution < -0.4 is 5.32 Å². The Morgan fingerprint density at radius 3 is 2.60 bits per heavy atom. The van der Waals surface area contributed by atoms with Gasteiger partial charge in [0.05, 0.1) is 22.9 Å². The molecule has 0 radical (unpaired) electrons. The van der Waals surface area contributed by atoms with E-state index in [1.54, 1.807) is 42.9 Å². The lowest BCUT2D eigenvalue weighted by atomic mass is 10.0. The van der Waals surface area contributed by atoms with Gasteiger partial charge in [0, 0.05) is 46.5 Å². The Kier molecular flexibility index (Phi) is 5.80. The van der Waals surface area contributed by atoms with Crippen molar-refractivity contribution in [2.24, 2.45) is 5.92 Å². The molecule has 3 N–H and O–H groups in total. The van der Waals surface area contributed by atoms with E-state index < -0.39 is 5.82 Å². The SMILES string of the molecule is O=C(Nc1cncc(-c2cc3c(-c4nc5nccc(-c6ccc(F)cc6)c5[nH]4)n[nH]c3cc2F)c1)C1CCCC1. The Balaban J connectivity index is 1.27. The minimum Gasteiger partial charge on any atom is -0.335 e. The molecule has 40 heavy (non-hydrogen) atoms. The minimum absolute atomic E-state index is 0.00658. The maximum absolute atomic E-state index is 15.3. The molecule has 1 saturated carbocycles. The largest absolute Gasteiger partial charge is 0.335 e. The van der Waals surface area contributed by atoms with E-state index in [-0.39, 0.29) is 17.6 Å². The standard InChI is InChI=1S/C30H23F2N7O/c31-19-7-5-16(6-8-19)21-9-10-34-28-26(21)36-29(37-28)27-23-12-22(24(32)13-25(23)38-39-27)18-11-20(15-33-14-18)35-30(40)17-3-1-2-4-17/h5-15,17H,1-4H2,(H,35,40)(H,38,39)(H,34,36,37). The average Bonchev–Trinajstić information content (AvgIpc) is 3.72. The molecule has 6 aromatic rings.